The van der Waals surface area contributed by atoms with Crippen LogP contribution in [0.4, 0.5) is 11.6 Å². The minimum absolute atomic E-state index is 0.275. The molecule has 2 N–H and O–H groups in total. The SMILES string of the molecule is Cc1c(N)nc(C(C)C)nc1N(C)Cc1cccs1. The van der Waals surface area contributed by atoms with E-state index in [0.717, 1.165) is 23.8 Å². The molecule has 0 amide bonds. The quantitative estimate of drug-likeness (QED) is 0.931. The number of rotatable bonds is 4. The normalized spacial score (nSPS) is 11.0. The second kappa shape index (κ2) is 5.57. The Hall–Kier alpha value is -1.62. The van der Waals surface area contributed by atoms with Crippen LogP contribution in [-0.4, -0.2) is 17.0 Å². The molecule has 0 aliphatic carbocycles. The maximum absolute atomic E-state index is 6.00. The van der Waals surface area contributed by atoms with Gasteiger partial charge < -0.3 is 10.6 Å². The van der Waals surface area contributed by atoms with Crippen molar-refractivity contribution in [2.24, 2.45) is 0 Å². The number of hydrogen-bond donors (Lipinski definition) is 1. The van der Waals surface area contributed by atoms with E-state index in [9.17, 15) is 0 Å². The Morgan fingerprint density at radius 1 is 1.37 bits per heavy atom. The van der Waals surface area contributed by atoms with E-state index in [2.05, 4.69) is 46.2 Å². The molecule has 2 aromatic heterocycles. The van der Waals surface area contributed by atoms with Crippen molar-refractivity contribution in [1.29, 1.82) is 0 Å². The molecule has 2 rings (SSSR count). The summed E-state index contributed by atoms with van der Waals surface area (Å²) in [5.41, 5.74) is 6.94. The molecule has 19 heavy (non-hydrogen) atoms. The smallest absolute Gasteiger partial charge is 0.137 e. The molecule has 4 nitrogen and oxygen atoms in total. The Labute approximate surface area is 118 Å². The van der Waals surface area contributed by atoms with Gasteiger partial charge in [0.2, 0.25) is 0 Å². The van der Waals surface area contributed by atoms with Gasteiger partial charge in [-0.3, -0.25) is 0 Å². The van der Waals surface area contributed by atoms with Crippen molar-refractivity contribution >= 4 is 23.0 Å². The molecule has 0 saturated carbocycles. The zero-order valence-corrected chi connectivity index (χ0v) is 12.7. The summed E-state index contributed by atoms with van der Waals surface area (Å²) in [5, 5.41) is 2.09. The van der Waals surface area contributed by atoms with Gasteiger partial charge in [0, 0.05) is 23.4 Å². The molecule has 0 atom stereocenters. The summed E-state index contributed by atoms with van der Waals surface area (Å²) in [6.45, 7) is 6.96. The second-order valence-electron chi connectivity index (χ2n) is 5.01. The Morgan fingerprint density at radius 2 is 2.11 bits per heavy atom. The Morgan fingerprint density at radius 3 is 2.68 bits per heavy atom. The summed E-state index contributed by atoms with van der Waals surface area (Å²) in [7, 11) is 2.04. The van der Waals surface area contributed by atoms with E-state index >= 15 is 0 Å². The van der Waals surface area contributed by atoms with E-state index in [4.69, 9.17) is 5.73 Å². The number of thiophene rings is 1. The van der Waals surface area contributed by atoms with Crippen molar-refractivity contribution in [3.05, 3.63) is 33.8 Å². The minimum Gasteiger partial charge on any atom is -0.383 e. The van der Waals surface area contributed by atoms with E-state index < -0.39 is 0 Å². The van der Waals surface area contributed by atoms with Crippen molar-refractivity contribution in [3.63, 3.8) is 0 Å². The van der Waals surface area contributed by atoms with Crippen LogP contribution in [0.15, 0.2) is 17.5 Å². The molecular weight excluding hydrogens is 256 g/mol. The standard InChI is InChI=1S/C14H20N4S/c1-9(2)13-16-12(15)10(3)14(17-13)18(4)8-11-6-5-7-19-11/h5-7,9H,8H2,1-4H3,(H2,15,16,17). The highest BCUT2D eigenvalue weighted by Gasteiger charge is 2.14. The van der Waals surface area contributed by atoms with E-state index in [1.807, 2.05) is 14.0 Å². The lowest BCUT2D eigenvalue weighted by Gasteiger charge is -2.21. The van der Waals surface area contributed by atoms with Crippen LogP contribution in [0.25, 0.3) is 0 Å². The lowest BCUT2D eigenvalue weighted by molar-refractivity contribution is 0.762. The summed E-state index contributed by atoms with van der Waals surface area (Å²) in [6.07, 6.45) is 0. The largest absolute Gasteiger partial charge is 0.383 e. The summed E-state index contributed by atoms with van der Waals surface area (Å²) in [4.78, 5) is 12.4. The maximum Gasteiger partial charge on any atom is 0.137 e. The molecule has 0 aliphatic heterocycles. The summed E-state index contributed by atoms with van der Waals surface area (Å²) < 4.78 is 0. The highest BCUT2D eigenvalue weighted by molar-refractivity contribution is 7.09. The number of aromatic nitrogens is 2. The van der Waals surface area contributed by atoms with Gasteiger partial charge in [0.15, 0.2) is 0 Å². The summed E-state index contributed by atoms with van der Waals surface area (Å²) in [5.74, 6) is 2.57. The van der Waals surface area contributed by atoms with Crippen LogP contribution >= 0.6 is 11.3 Å². The fourth-order valence-electron chi connectivity index (χ4n) is 1.88. The number of nitrogens with two attached hydrogens (primary N) is 1. The zero-order valence-electron chi connectivity index (χ0n) is 11.8. The molecule has 0 radical (unpaired) electrons. The predicted molar refractivity (Wildman–Crippen MR) is 81.7 cm³/mol. The number of hydrogen-bond acceptors (Lipinski definition) is 5. The van der Waals surface area contributed by atoms with Crippen LogP contribution in [-0.2, 0) is 6.54 Å². The fourth-order valence-corrected chi connectivity index (χ4v) is 2.64. The maximum atomic E-state index is 6.00. The summed E-state index contributed by atoms with van der Waals surface area (Å²) in [6, 6.07) is 4.19. The van der Waals surface area contributed by atoms with Crippen molar-refractivity contribution in [3.8, 4) is 0 Å². The van der Waals surface area contributed by atoms with Gasteiger partial charge in [-0.1, -0.05) is 19.9 Å². The molecule has 0 aromatic carbocycles. The van der Waals surface area contributed by atoms with Crippen LogP contribution in [0.1, 0.15) is 36.0 Å². The predicted octanol–water partition coefficient (Wildman–Crippen LogP) is 3.19. The molecule has 0 aliphatic rings. The van der Waals surface area contributed by atoms with Crippen LogP contribution in [0.3, 0.4) is 0 Å². The van der Waals surface area contributed by atoms with Gasteiger partial charge in [-0.05, 0) is 18.4 Å². The van der Waals surface area contributed by atoms with Gasteiger partial charge in [-0.15, -0.1) is 11.3 Å². The third-order valence-electron chi connectivity index (χ3n) is 3.03. The first-order valence-electron chi connectivity index (χ1n) is 6.36. The molecule has 2 heterocycles. The molecule has 0 spiro atoms. The highest BCUT2D eigenvalue weighted by Crippen LogP contribution is 2.25. The van der Waals surface area contributed by atoms with Gasteiger partial charge in [-0.2, -0.15) is 0 Å². The molecule has 0 bridgehead atoms. The van der Waals surface area contributed by atoms with Gasteiger partial charge in [0.05, 0.1) is 6.54 Å². The van der Waals surface area contributed by atoms with E-state index in [-0.39, 0.29) is 5.92 Å². The molecule has 102 valence electrons. The topological polar surface area (TPSA) is 55.0 Å². The molecular formula is C14H20N4S. The van der Waals surface area contributed by atoms with Gasteiger partial charge in [-0.25, -0.2) is 9.97 Å². The number of nitrogens with zero attached hydrogens (tertiary/aromatic N) is 3. The van der Waals surface area contributed by atoms with Crippen LogP contribution in [0.2, 0.25) is 0 Å². The van der Waals surface area contributed by atoms with Crippen molar-refractivity contribution in [2.75, 3.05) is 17.7 Å². The molecule has 0 unspecified atom stereocenters. The Kier molecular flexibility index (Phi) is 4.04. The van der Waals surface area contributed by atoms with Crippen LogP contribution in [0.5, 0.6) is 0 Å². The first-order valence-corrected chi connectivity index (χ1v) is 7.24. The number of nitrogen functional groups attached to an aromatic ring is 1. The monoisotopic (exact) mass is 276 g/mol. The van der Waals surface area contributed by atoms with E-state index in [1.54, 1.807) is 11.3 Å². The zero-order chi connectivity index (χ0) is 14.0. The van der Waals surface area contributed by atoms with Crippen LogP contribution < -0.4 is 10.6 Å². The average Bonchev–Trinajstić information content (AvgIpc) is 2.84. The Balaban J connectivity index is 2.32. The van der Waals surface area contributed by atoms with Gasteiger partial charge >= 0.3 is 0 Å². The second-order valence-corrected chi connectivity index (χ2v) is 6.04. The van der Waals surface area contributed by atoms with Crippen molar-refractivity contribution in [1.82, 2.24) is 9.97 Å². The molecule has 0 fully saturated rings. The van der Waals surface area contributed by atoms with Gasteiger partial charge in [0.25, 0.3) is 0 Å². The molecule has 0 saturated heterocycles. The third kappa shape index (κ3) is 3.04. The van der Waals surface area contributed by atoms with Crippen molar-refractivity contribution < 1.29 is 0 Å². The first-order chi connectivity index (χ1) is 8.99. The first kappa shape index (κ1) is 13.8. The highest BCUT2D eigenvalue weighted by atomic mass is 32.1. The molecule has 5 heteroatoms. The Bertz CT molecular complexity index is 549. The lowest BCUT2D eigenvalue weighted by Crippen LogP contribution is -2.20. The van der Waals surface area contributed by atoms with Crippen molar-refractivity contribution in [2.45, 2.75) is 33.2 Å². The third-order valence-corrected chi connectivity index (χ3v) is 3.89. The lowest BCUT2D eigenvalue weighted by atomic mass is 10.2. The molecule has 2 aromatic rings. The number of anilines is 2. The van der Waals surface area contributed by atoms with Crippen LogP contribution in [0, 0.1) is 6.92 Å². The van der Waals surface area contributed by atoms with E-state index in [1.165, 1.54) is 4.88 Å². The summed E-state index contributed by atoms with van der Waals surface area (Å²) >= 11 is 1.75. The van der Waals surface area contributed by atoms with Gasteiger partial charge in [0.1, 0.15) is 17.5 Å². The minimum atomic E-state index is 0.275. The average molecular weight is 276 g/mol. The fraction of sp³-hybridized carbons (Fsp3) is 0.429. The van der Waals surface area contributed by atoms with E-state index in [0.29, 0.717) is 5.82 Å².